The zero-order valence-corrected chi connectivity index (χ0v) is 12.9. The zero-order chi connectivity index (χ0) is 16.3. The summed E-state index contributed by atoms with van der Waals surface area (Å²) < 4.78 is 0. The molecule has 0 amide bonds. The molecule has 22 heavy (non-hydrogen) atoms. The summed E-state index contributed by atoms with van der Waals surface area (Å²) in [6, 6.07) is 10.9. The SMILES string of the molecule is Cc1ccc(C)c(C(=O)O/N=C(\N)c2cccc(N)c2C)c1. The molecule has 0 radical (unpaired) electrons. The molecule has 2 aromatic carbocycles. The van der Waals surface area contributed by atoms with Gasteiger partial charge >= 0.3 is 5.97 Å². The van der Waals surface area contributed by atoms with E-state index in [9.17, 15) is 4.79 Å². The standard InChI is InChI=1S/C17H19N3O2/c1-10-7-8-11(2)14(9-10)17(21)22-20-16(19)13-5-4-6-15(18)12(13)3/h4-9H,18H2,1-3H3,(H2,19,20). The molecule has 4 N–H and O–H groups in total. The molecule has 0 aliphatic rings. The summed E-state index contributed by atoms with van der Waals surface area (Å²) in [6.45, 7) is 5.58. The summed E-state index contributed by atoms with van der Waals surface area (Å²) in [7, 11) is 0. The van der Waals surface area contributed by atoms with Gasteiger partial charge in [0.25, 0.3) is 0 Å². The van der Waals surface area contributed by atoms with Gasteiger partial charge in [-0.1, -0.05) is 35.0 Å². The third kappa shape index (κ3) is 3.25. The van der Waals surface area contributed by atoms with E-state index in [0.29, 0.717) is 16.8 Å². The quantitative estimate of drug-likeness (QED) is 0.299. The predicted molar refractivity (Wildman–Crippen MR) is 87.6 cm³/mol. The Bertz CT molecular complexity index is 752. The molecule has 114 valence electrons. The Labute approximate surface area is 129 Å². The lowest BCUT2D eigenvalue weighted by Crippen LogP contribution is -2.17. The van der Waals surface area contributed by atoms with Crippen molar-refractivity contribution in [2.75, 3.05) is 5.73 Å². The fourth-order valence-corrected chi connectivity index (χ4v) is 2.08. The molecular formula is C17H19N3O2. The number of anilines is 1. The summed E-state index contributed by atoms with van der Waals surface area (Å²) in [5.74, 6) is -0.422. The Balaban J connectivity index is 2.22. The second kappa shape index (κ2) is 6.30. The monoisotopic (exact) mass is 297 g/mol. The molecule has 5 nitrogen and oxygen atoms in total. The number of carbonyl (C=O) groups excluding carboxylic acids is 1. The minimum absolute atomic E-state index is 0.114. The van der Waals surface area contributed by atoms with E-state index in [1.807, 2.05) is 32.9 Å². The number of nitrogens with zero attached hydrogens (tertiary/aromatic N) is 1. The minimum Gasteiger partial charge on any atom is -0.398 e. The fraction of sp³-hybridized carbons (Fsp3) is 0.176. The average Bonchev–Trinajstić information content (AvgIpc) is 2.49. The summed E-state index contributed by atoms with van der Waals surface area (Å²) in [5.41, 5.74) is 16.0. The van der Waals surface area contributed by atoms with Crippen molar-refractivity contribution in [1.29, 1.82) is 0 Å². The van der Waals surface area contributed by atoms with Gasteiger partial charge in [0.1, 0.15) is 0 Å². The summed E-state index contributed by atoms with van der Waals surface area (Å²) in [6.07, 6.45) is 0. The highest BCUT2D eigenvalue weighted by molar-refractivity contribution is 6.00. The Kier molecular flexibility index (Phi) is 4.46. The molecule has 0 bridgehead atoms. The molecule has 0 saturated heterocycles. The highest BCUT2D eigenvalue weighted by Gasteiger charge is 2.12. The zero-order valence-electron chi connectivity index (χ0n) is 12.9. The second-order valence-electron chi connectivity index (χ2n) is 5.19. The van der Waals surface area contributed by atoms with Crippen molar-refractivity contribution in [2.24, 2.45) is 10.9 Å². The van der Waals surface area contributed by atoms with Crippen LogP contribution in [0.1, 0.15) is 32.6 Å². The predicted octanol–water partition coefficient (Wildman–Crippen LogP) is 2.67. The van der Waals surface area contributed by atoms with Crippen LogP contribution in [0.2, 0.25) is 0 Å². The third-order valence-corrected chi connectivity index (χ3v) is 3.49. The van der Waals surface area contributed by atoms with Gasteiger partial charge in [0.15, 0.2) is 5.84 Å². The number of hydrogen-bond acceptors (Lipinski definition) is 4. The molecule has 0 heterocycles. The lowest BCUT2D eigenvalue weighted by molar-refractivity contribution is 0.0515. The van der Waals surface area contributed by atoms with Crippen LogP contribution in [-0.4, -0.2) is 11.8 Å². The molecule has 0 aliphatic carbocycles. The maximum Gasteiger partial charge on any atom is 0.366 e. The molecule has 0 saturated carbocycles. The number of rotatable bonds is 3. The van der Waals surface area contributed by atoms with Crippen molar-refractivity contribution in [1.82, 2.24) is 0 Å². The lowest BCUT2D eigenvalue weighted by atomic mass is 10.1. The Morgan fingerprint density at radius 1 is 1.09 bits per heavy atom. The molecule has 2 rings (SSSR count). The van der Waals surface area contributed by atoms with E-state index in [0.717, 1.165) is 16.7 Å². The first kappa shape index (κ1) is 15.6. The van der Waals surface area contributed by atoms with Crippen molar-refractivity contribution in [3.63, 3.8) is 0 Å². The largest absolute Gasteiger partial charge is 0.398 e. The molecule has 5 heteroatoms. The molecular weight excluding hydrogens is 278 g/mol. The van der Waals surface area contributed by atoms with E-state index in [4.69, 9.17) is 16.3 Å². The van der Waals surface area contributed by atoms with Crippen LogP contribution in [0.3, 0.4) is 0 Å². The van der Waals surface area contributed by atoms with Crippen LogP contribution in [0.4, 0.5) is 5.69 Å². The molecule has 0 fully saturated rings. The van der Waals surface area contributed by atoms with Gasteiger partial charge < -0.3 is 16.3 Å². The molecule has 0 unspecified atom stereocenters. The van der Waals surface area contributed by atoms with E-state index >= 15 is 0 Å². The third-order valence-electron chi connectivity index (χ3n) is 3.49. The number of oxime groups is 1. The van der Waals surface area contributed by atoms with Crippen LogP contribution in [0, 0.1) is 20.8 Å². The number of aryl methyl sites for hydroxylation is 2. The van der Waals surface area contributed by atoms with Crippen molar-refractivity contribution in [3.8, 4) is 0 Å². The summed E-state index contributed by atoms with van der Waals surface area (Å²) in [5, 5.41) is 3.73. The first-order chi connectivity index (χ1) is 10.4. The van der Waals surface area contributed by atoms with Crippen molar-refractivity contribution < 1.29 is 9.63 Å². The number of benzene rings is 2. The van der Waals surface area contributed by atoms with Gasteiger partial charge in [-0.05, 0) is 44.0 Å². The molecule has 0 aliphatic heterocycles. The van der Waals surface area contributed by atoms with Crippen molar-refractivity contribution in [2.45, 2.75) is 20.8 Å². The first-order valence-corrected chi connectivity index (χ1v) is 6.87. The molecule has 0 atom stereocenters. The highest BCUT2D eigenvalue weighted by Crippen LogP contribution is 2.16. The second-order valence-corrected chi connectivity index (χ2v) is 5.19. The van der Waals surface area contributed by atoms with Crippen LogP contribution in [0.15, 0.2) is 41.6 Å². The first-order valence-electron chi connectivity index (χ1n) is 6.87. The fourth-order valence-electron chi connectivity index (χ4n) is 2.08. The Morgan fingerprint density at radius 3 is 2.55 bits per heavy atom. The van der Waals surface area contributed by atoms with Gasteiger partial charge in [-0.3, -0.25) is 0 Å². The van der Waals surface area contributed by atoms with Crippen LogP contribution >= 0.6 is 0 Å². The van der Waals surface area contributed by atoms with Gasteiger partial charge in [-0.25, -0.2) is 4.79 Å². The number of amidine groups is 1. The van der Waals surface area contributed by atoms with Gasteiger partial charge in [-0.2, -0.15) is 0 Å². The van der Waals surface area contributed by atoms with E-state index in [1.165, 1.54) is 0 Å². The number of nitrogen functional groups attached to an aromatic ring is 1. The molecule has 2 aromatic rings. The van der Waals surface area contributed by atoms with E-state index in [1.54, 1.807) is 24.3 Å². The van der Waals surface area contributed by atoms with Crippen LogP contribution < -0.4 is 11.5 Å². The van der Waals surface area contributed by atoms with E-state index < -0.39 is 5.97 Å². The maximum atomic E-state index is 12.1. The van der Waals surface area contributed by atoms with Gasteiger partial charge in [0.05, 0.1) is 5.56 Å². The van der Waals surface area contributed by atoms with E-state index in [2.05, 4.69) is 5.16 Å². The highest BCUT2D eigenvalue weighted by atomic mass is 16.7. The average molecular weight is 297 g/mol. The Morgan fingerprint density at radius 2 is 1.82 bits per heavy atom. The number of nitrogens with two attached hydrogens (primary N) is 2. The van der Waals surface area contributed by atoms with Gasteiger partial charge in [0.2, 0.25) is 0 Å². The molecule has 0 aromatic heterocycles. The minimum atomic E-state index is -0.536. The maximum absolute atomic E-state index is 12.1. The van der Waals surface area contributed by atoms with Crippen molar-refractivity contribution >= 4 is 17.5 Å². The normalized spacial score (nSPS) is 11.3. The van der Waals surface area contributed by atoms with Crippen LogP contribution in [0.25, 0.3) is 0 Å². The van der Waals surface area contributed by atoms with Crippen LogP contribution in [0.5, 0.6) is 0 Å². The molecule has 0 spiro atoms. The van der Waals surface area contributed by atoms with Crippen molar-refractivity contribution in [3.05, 3.63) is 64.2 Å². The van der Waals surface area contributed by atoms with E-state index in [-0.39, 0.29) is 5.84 Å². The number of carbonyl (C=O) groups is 1. The lowest BCUT2D eigenvalue weighted by Gasteiger charge is -2.08. The van der Waals surface area contributed by atoms with Gasteiger partial charge in [0, 0.05) is 11.3 Å². The summed E-state index contributed by atoms with van der Waals surface area (Å²) in [4.78, 5) is 17.1. The van der Waals surface area contributed by atoms with Gasteiger partial charge in [-0.15, -0.1) is 0 Å². The summed E-state index contributed by atoms with van der Waals surface area (Å²) >= 11 is 0. The van der Waals surface area contributed by atoms with Crippen LogP contribution in [-0.2, 0) is 4.84 Å². The Hall–Kier alpha value is -2.82. The topological polar surface area (TPSA) is 90.7 Å². The smallest absolute Gasteiger partial charge is 0.366 e. The number of hydrogen-bond donors (Lipinski definition) is 2.